The highest BCUT2D eigenvalue weighted by Crippen LogP contribution is 2.23. The summed E-state index contributed by atoms with van der Waals surface area (Å²) in [6.07, 6.45) is 2.08. The molecule has 116 valence electrons. The molecule has 0 saturated heterocycles. The maximum absolute atomic E-state index is 5.31. The van der Waals surface area contributed by atoms with E-state index in [0.717, 1.165) is 31.1 Å². The number of hydrogen-bond donors (Lipinski definition) is 1. The van der Waals surface area contributed by atoms with Gasteiger partial charge in [-0.1, -0.05) is 13.0 Å². The minimum absolute atomic E-state index is 0.297. The van der Waals surface area contributed by atoms with Crippen LogP contribution in [0.5, 0.6) is 0 Å². The number of nitrogens with one attached hydrogen (secondary N) is 1. The van der Waals surface area contributed by atoms with Crippen LogP contribution < -0.4 is 10.2 Å². The van der Waals surface area contributed by atoms with E-state index in [9.17, 15) is 0 Å². The van der Waals surface area contributed by atoms with E-state index in [4.69, 9.17) is 9.72 Å². The zero-order valence-corrected chi connectivity index (χ0v) is 13.5. The number of aromatic nitrogens is 2. The number of hydrogen-bond acceptors (Lipinski definition) is 4. The van der Waals surface area contributed by atoms with Gasteiger partial charge in [0, 0.05) is 26.4 Å². The summed E-state index contributed by atoms with van der Waals surface area (Å²) >= 11 is 0. The first-order chi connectivity index (χ1) is 10.2. The SMILES string of the molecule is CCNCc1c(N(CC)C(C)COC)nc2ccccn12. The highest BCUT2D eigenvalue weighted by Gasteiger charge is 2.20. The van der Waals surface area contributed by atoms with Crippen molar-refractivity contribution in [1.29, 1.82) is 0 Å². The minimum atomic E-state index is 0.297. The predicted molar refractivity (Wildman–Crippen MR) is 86.9 cm³/mol. The van der Waals surface area contributed by atoms with Gasteiger partial charge in [-0.05, 0) is 32.5 Å². The molecule has 1 unspecified atom stereocenters. The van der Waals surface area contributed by atoms with Crippen molar-refractivity contribution >= 4 is 11.5 Å². The molecule has 0 aromatic carbocycles. The first-order valence-corrected chi connectivity index (χ1v) is 7.65. The molecular formula is C16H26N4O. The molecule has 0 aliphatic rings. The molecule has 0 fully saturated rings. The fraction of sp³-hybridized carbons (Fsp3) is 0.562. The van der Waals surface area contributed by atoms with Gasteiger partial charge in [-0.3, -0.25) is 0 Å². The van der Waals surface area contributed by atoms with Crippen molar-refractivity contribution < 1.29 is 4.74 Å². The molecule has 2 rings (SSSR count). The molecule has 0 saturated carbocycles. The van der Waals surface area contributed by atoms with Crippen molar-refractivity contribution in [2.75, 3.05) is 31.7 Å². The molecule has 0 amide bonds. The van der Waals surface area contributed by atoms with Crippen molar-refractivity contribution in [3.8, 4) is 0 Å². The lowest BCUT2D eigenvalue weighted by molar-refractivity contribution is 0.181. The summed E-state index contributed by atoms with van der Waals surface area (Å²) in [6, 6.07) is 6.42. The van der Waals surface area contributed by atoms with E-state index in [1.165, 1.54) is 5.69 Å². The molecule has 2 heterocycles. The Hall–Kier alpha value is -1.59. The van der Waals surface area contributed by atoms with Crippen LogP contribution in [0.25, 0.3) is 5.65 Å². The summed E-state index contributed by atoms with van der Waals surface area (Å²) in [7, 11) is 1.74. The number of nitrogens with zero attached hydrogens (tertiary/aromatic N) is 3. The van der Waals surface area contributed by atoms with Crippen molar-refractivity contribution in [2.24, 2.45) is 0 Å². The highest BCUT2D eigenvalue weighted by molar-refractivity contribution is 5.56. The van der Waals surface area contributed by atoms with E-state index in [2.05, 4.69) is 41.6 Å². The number of fused-ring (bicyclic) bond motifs is 1. The van der Waals surface area contributed by atoms with Crippen LogP contribution in [0.3, 0.4) is 0 Å². The average molecular weight is 290 g/mol. The molecule has 1 atom stereocenters. The Morgan fingerprint density at radius 1 is 1.38 bits per heavy atom. The molecule has 21 heavy (non-hydrogen) atoms. The van der Waals surface area contributed by atoms with E-state index in [0.29, 0.717) is 12.6 Å². The Labute approximate surface area is 126 Å². The number of ether oxygens (including phenoxy) is 1. The van der Waals surface area contributed by atoms with Gasteiger partial charge in [-0.2, -0.15) is 0 Å². The van der Waals surface area contributed by atoms with Gasteiger partial charge in [0.2, 0.25) is 0 Å². The third kappa shape index (κ3) is 3.36. The normalized spacial score (nSPS) is 12.8. The minimum Gasteiger partial charge on any atom is -0.383 e. The van der Waals surface area contributed by atoms with Gasteiger partial charge in [-0.15, -0.1) is 0 Å². The molecular weight excluding hydrogens is 264 g/mol. The summed E-state index contributed by atoms with van der Waals surface area (Å²) in [4.78, 5) is 7.14. The lowest BCUT2D eigenvalue weighted by Crippen LogP contribution is -2.37. The molecule has 0 bridgehead atoms. The van der Waals surface area contributed by atoms with Crippen molar-refractivity contribution in [1.82, 2.24) is 14.7 Å². The van der Waals surface area contributed by atoms with Gasteiger partial charge in [0.05, 0.1) is 18.3 Å². The second-order valence-electron chi connectivity index (χ2n) is 5.18. The van der Waals surface area contributed by atoms with Gasteiger partial charge in [0.25, 0.3) is 0 Å². The molecule has 0 aliphatic heterocycles. The van der Waals surface area contributed by atoms with Gasteiger partial charge < -0.3 is 19.4 Å². The fourth-order valence-electron chi connectivity index (χ4n) is 2.67. The topological polar surface area (TPSA) is 41.8 Å². The van der Waals surface area contributed by atoms with Gasteiger partial charge in [-0.25, -0.2) is 4.98 Å². The van der Waals surface area contributed by atoms with Gasteiger partial charge in [0.1, 0.15) is 5.65 Å². The number of imidazole rings is 1. The third-order valence-electron chi connectivity index (χ3n) is 3.70. The Balaban J connectivity index is 2.44. The van der Waals surface area contributed by atoms with E-state index in [1.807, 2.05) is 18.2 Å². The lowest BCUT2D eigenvalue weighted by atomic mass is 10.2. The zero-order valence-electron chi connectivity index (χ0n) is 13.5. The van der Waals surface area contributed by atoms with Crippen LogP contribution in [0.2, 0.25) is 0 Å². The monoisotopic (exact) mass is 290 g/mol. The Bertz CT molecular complexity index is 566. The van der Waals surface area contributed by atoms with Crippen LogP contribution >= 0.6 is 0 Å². The Morgan fingerprint density at radius 2 is 2.19 bits per heavy atom. The Kier molecular flexibility index (Phi) is 5.59. The van der Waals surface area contributed by atoms with Crippen molar-refractivity contribution in [3.05, 3.63) is 30.1 Å². The molecule has 0 aliphatic carbocycles. The number of likely N-dealkylation sites (N-methyl/N-ethyl adjacent to an activating group) is 1. The van der Waals surface area contributed by atoms with Crippen LogP contribution in [0.15, 0.2) is 24.4 Å². The van der Waals surface area contributed by atoms with Crippen LogP contribution in [0, 0.1) is 0 Å². The number of pyridine rings is 1. The number of rotatable bonds is 8. The summed E-state index contributed by atoms with van der Waals surface area (Å²) in [6.45, 7) is 9.82. The molecule has 0 radical (unpaired) electrons. The highest BCUT2D eigenvalue weighted by atomic mass is 16.5. The van der Waals surface area contributed by atoms with Crippen LogP contribution in [0.4, 0.5) is 5.82 Å². The molecule has 5 heteroatoms. The smallest absolute Gasteiger partial charge is 0.152 e. The zero-order chi connectivity index (χ0) is 15.2. The summed E-state index contributed by atoms with van der Waals surface area (Å²) in [5, 5.41) is 3.41. The number of methoxy groups -OCH3 is 1. The summed E-state index contributed by atoms with van der Waals surface area (Å²) < 4.78 is 7.48. The fourth-order valence-corrected chi connectivity index (χ4v) is 2.67. The van der Waals surface area contributed by atoms with Gasteiger partial charge in [0.15, 0.2) is 5.82 Å². The van der Waals surface area contributed by atoms with E-state index < -0.39 is 0 Å². The molecule has 0 spiro atoms. The van der Waals surface area contributed by atoms with E-state index >= 15 is 0 Å². The third-order valence-corrected chi connectivity index (χ3v) is 3.70. The molecule has 5 nitrogen and oxygen atoms in total. The molecule has 1 N–H and O–H groups in total. The van der Waals surface area contributed by atoms with Crippen molar-refractivity contribution in [2.45, 2.75) is 33.4 Å². The quantitative estimate of drug-likeness (QED) is 0.810. The van der Waals surface area contributed by atoms with Crippen LogP contribution in [-0.4, -0.2) is 42.2 Å². The first-order valence-electron chi connectivity index (χ1n) is 7.65. The van der Waals surface area contributed by atoms with Crippen molar-refractivity contribution in [3.63, 3.8) is 0 Å². The van der Waals surface area contributed by atoms with Gasteiger partial charge >= 0.3 is 0 Å². The second kappa shape index (κ2) is 7.43. The predicted octanol–water partition coefficient (Wildman–Crippen LogP) is 2.31. The number of anilines is 1. The summed E-state index contributed by atoms with van der Waals surface area (Å²) in [5.41, 5.74) is 2.20. The van der Waals surface area contributed by atoms with Crippen LogP contribution in [-0.2, 0) is 11.3 Å². The standard InChI is InChI=1S/C16H26N4O/c1-5-17-11-14-16(19(6-2)13(3)12-21-4)18-15-9-7-8-10-20(14)15/h7-10,13,17H,5-6,11-12H2,1-4H3. The largest absolute Gasteiger partial charge is 0.383 e. The summed E-state index contributed by atoms with van der Waals surface area (Å²) in [5.74, 6) is 1.05. The second-order valence-corrected chi connectivity index (χ2v) is 5.18. The molecule has 2 aromatic rings. The maximum atomic E-state index is 5.31. The average Bonchev–Trinajstić information content (AvgIpc) is 2.84. The molecule has 2 aromatic heterocycles. The van der Waals surface area contributed by atoms with E-state index in [1.54, 1.807) is 7.11 Å². The maximum Gasteiger partial charge on any atom is 0.152 e. The van der Waals surface area contributed by atoms with Crippen LogP contribution in [0.1, 0.15) is 26.5 Å². The van der Waals surface area contributed by atoms with E-state index in [-0.39, 0.29) is 0 Å². The lowest BCUT2D eigenvalue weighted by Gasteiger charge is -2.28. The Morgan fingerprint density at radius 3 is 2.86 bits per heavy atom. The first kappa shape index (κ1) is 15.8.